The van der Waals surface area contributed by atoms with Gasteiger partial charge in [-0.25, -0.2) is 0 Å². The molecule has 0 saturated heterocycles. The van der Waals surface area contributed by atoms with Crippen LogP contribution in [0.25, 0.3) is 0 Å². The zero-order valence-electron chi connectivity index (χ0n) is 12.8. The fourth-order valence-electron chi connectivity index (χ4n) is 2.54. The Balaban J connectivity index is 2.12. The molecule has 0 aliphatic carbocycles. The van der Waals surface area contributed by atoms with E-state index in [2.05, 4.69) is 36.1 Å². The largest absolute Gasteiger partial charge is 0.468 e. The average Bonchev–Trinajstić information content (AvgIpc) is 3.02. The molecule has 1 unspecified atom stereocenters. The Morgan fingerprint density at radius 2 is 2.00 bits per heavy atom. The predicted octanol–water partition coefficient (Wildman–Crippen LogP) is 2.95. The summed E-state index contributed by atoms with van der Waals surface area (Å²) >= 11 is 0. The van der Waals surface area contributed by atoms with E-state index in [9.17, 15) is 0 Å². The van der Waals surface area contributed by atoms with Gasteiger partial charge in [-0.15, -0.1) is 0 Å². The van der Waals surface area contributed by atoms with Gasteiger partial charge < -0.3 is 14.9 Å². The summed E-state index contributed by atoms with van der Waals surface area (Å²) in [5.74, 6) is 0.964. The van der Waals surface area contributed by atoms with Gasteiger partial charge in [0.15, 0.2) is 0 Å². The minimum Gasteiger partial charge on any atom is -0.468 e. The normalized spacial score (nSPS) is 12.8. The number of hydrogen-bond donors (Lipinski definition) is 1. The second-order valence-electron chi connectivity index (χ2n) is 5.07. The molecule has 0 aliphatic heterocycles. The van der Waals surface area contributed by atoms with Gasteiger partial charge in [-0.1, -0.05) is 31.2 Å². The first-order valence-corrected chi connectivity index (χ1v) is 7.32. The lowest BCUT2D eigenvalue weighted by Crippen LogP contribution is -2.33. The number of ether oxygens (including phenoxy) is 1. The summed E-state index contributed by atoms with van der Waals surface area (Å²) in [6.07, 6.45) is 1.71. The molecule has 0 bridgehead atoms. The molecule has 1 aromatic heterocycles. The van der Waals surface area contributed by atoms with Crippen molar-refractivity contribution in [3.63, 3.8) is 0 Å². The van der Waals surface area contributed by atoms with Crippen molar-refractivity contribution in [1.82, 2.24) is 4.90 Å². The fourth-order valence-corrected chi connectivity index (χ4v) is 2.54. The molecular weight excluding hydrogens is 264 g/mol. The molecule has 0 spiro atoms. The number of rotatable bonds is 8. The second kappa shape index (κ2) is 7.98. The Bertz CT molecular complexity index is 508. The molecule has 21 heavy (non-hydrogen) atoms. The van der Waals surface area contributed by atoms with Crippen molar-refractivity contribution in [3.05, 3.63) is 59.5 Å². The summed E-state index contributed by atoms with van der Waals surface area (Å²) in [7, 11) is 1.71. The summed E-state index contributed by atoms with van der Waals surface area (Å²) in [6, 6.07) is 12.6. The third-order valence-electron chi connectivity index (χ3n) is 3.68. The molecule has 2 N–H and O–H groups in total. The van der Waals surface area contributed by atoms with Crippen LogP contribution in [0.15, 0.2) is 47.1 Å². The van der Waals surface area contributed by atoms with Gasteiger partial charge in [-0.3, -0.25) is 4.90 Å². The first kappa shape index (κ1) is 15.8. The standard InChI is InChI=1S/C17H24N2O2/c1-3-19(12-16-5-4-10-21-16)17(11-18)15-8-6-14(7-9-15)13-20-2/h4-10,17H,3,11-13,18H2,1-2H3. The topological polar surface area (TPSA) is 51.6 Å². The lowest BCUT2D eigenvalue weighted by Gasteiger charge is -2.29. The summed E-state index contributed by atoms with van der Waals surface area (Å²) in [6.45, 7) is 5.05. The summed E-state index contributed by atoms with van der Waals surface area (Å²) in [4.78, 5) is 2.32. The van der Waals surface area contributed by atoms with Crippen LogP contribution in [-0.4, -0.2) is 25.1 Å². The van der Waals surface area contributed by atoms with E-state index in [0.29, 0.717) is 13.2 Å². The summed E-state index contributed by atoms with van der Waals surface area (Å²) in [5, 5.41) is 0. The van der Waals surface area contributed by atoms with Crippen molar-refractivity contribution in [1.29, 1.82) is 0 Å². The highest BCUT2D eigenvalue weighted by Crippen LogP contribution is 2.22. The van der Waals surface area contributed by atoms with Gasteiger partial charge >= 0.3 is 0 Å². The second-order valence-corrected chi connectivity index (χ2v) is 5.07. The molecule has 0 saturated carbocycles. The van der Waals surface area contributed by atoms with Crippen molar-refractivity contribution in [2.45, 2.75) is 26.1 Å². The third-order valence-corrected chi connectivity index (χ3v) is 3.68. The van der Waals surface area contributed by atoms with E-state index >= 15 is 0 Å². The highest BCUT2D eigenvalue weighted by atomic mass is 16.5. The quantitative estimate of drug-likeness (QED) is 0.811. The Labute approximate surface area is 126 Å². The van der Waals surface area contributed by atoms with E-state index in [1.165, 1.54) is 11.1 Å². The predicted molar refractivity (Wildman–Crippen MR) is 83.7 cm³/mol. The van der Waals surface area contributed by atoms with Crippen molar-refractivity contribution < 1.29 is 9.15 Å². The Kier molecular flexibility index (Phi) is 5.99. The number of methoxy groups -OCH3 is 1. The van der Waals surface area contributed by atoms with Crippen molar-refractivity contribution in [2.75, 3.05) is 20.2 Å². The molecule has 2 aromatic rings. The van der Waals surface area contributed by atoms with Crippen LogP contribution in [0.2, 0.25) is 0 Å². The molecule has 0 aliphatic rings. The van der Waals surface area contributed by atoms with Gasteiger partial charge in [0.1, 0.15) is 5.76 Å². The average molecular weight is 288 g/mol. The molecule has 1 aromatic carbocycles. The van der Waals surface area contributed by atoms with E-state index in [4.69, 9.17) is 14.9 Å². The van der Waals surface area contributed by atoms with Gasteiger partial charge in [0.05, 0.1) is 19.4 Å². The van der Waals surface area contributed by atoms with Crippen LogP contribution < -0.4 is 5.73 Å². The highest BCUT2D eigenvalue weighted by molar-refractivity contribution is 5.25. The summed E-state index contributed by atoms with van der Waals surface area (Å²) in [5.41, 5.74) is 8.41. The SMILES string of the molecule is CCN(Cc1ccco1)C(CN)c1ccc(COC)cc1. The van der Waals surface area contributed by atoms with E-state index in [1.54, 1.807) is 13.4 Å². The number of likely N-dealkylation sites (N-methyl/N-ethyl adjacent to an activating group) is 1. The number of nitrogens with zero attached hydrogens (tertiary/aromatic N) is 1. The summed E-state index contributed by atoms with van der Waals surface area (Å²) < 4.78 is 10.6. The number of benzene rings is 1. The first-order valence-electron chi connectivity index (χ1n) is 7.32. The van der Waals surface area contributed by atoms with Crippen LogP contribution in [0.4, 0.5) is 0 Å². The van der Waals surface area contributed by atoms with Gasteiger partial charge in [-0.2, -0.15) is 0 Å². The van der Waals surface area contributed by atoms with Gasteiger partial charge in [0, 0.05) is 19.7 Å². The van der Waals surface area contributed by atoms with Crippen LogP contribution in [0, 0.1) is 0 Å². The fraction of sp³-hybridized carbons (Fsp3) is 0.412. The molecule has 0 fully saturated rings. The molecule has 1 atom stereocenters. The van der Waals surface area contributed by atoms with Crippen LogP contribution >= 0.6 is 0 Å². The van der Waals surface area contributed by atoms with Crippen molar-refractivity contribution >= 4 is 0 Å². The van der Waals surface area contributed by atoms with Crippen molar-refractivity contribution in [2.24, 2.45) is 5.73 Å². The van der Waals surface area contributed by atoms with E-state index in [0.717, 1.165) is 18.8 Å². The lowest BCUT2D eigenvalue weighted by atomic mass is 10.0. The molecule has 0 radical (unpaired) electrons. The third kappa shape index (κ3) is 4.17. The van der Waals surface area contributed by atoms with E-state index < -0.39 is 0 Å². The molecule has 1 heterocycles. The number of furan rings is 1. The first-order chi connectivity index (χ1) is 10.3. The van der Waals surface area contributed by atoms with E-state index in [-0.39, 0.29) is 6.04 Å². The van der Waals surface area contributed by atoms with Gasteiger partial charge in [0.25, 0.3) is 0 Å². The Morgan fingerprint density at radius 1 is 1.24 bits per heavy atom. The Morgan fingerprint density at radius 3 is 2.52 bits per heavy atom. The zero-order valence-corrected chi connectivity index (χ0v) is 12.8. The molecular formula is C17H24N2O2. The molecule has 114 valence electrons. The van der Waals surface area contributed by atoms with Crippen molar-refractivity contribution in [3.8, 4) is 0 Å². The minimum absolute atomic E-state index is 0.191. The zero-order chi connectivity index (χ0) is 15.1. The maximum atomic E-state index is 6.01. The maximum absolute atomic E-state index is 6.01. The number of nitrogens with two attached hydrogens (primary N) is 1. The molecule has 2 rings (SSSR count). The molecule has 0 amide bonds. The van der Waals surface area contributed by atoms with Crippen LogP contribution in [0.3, 0.4) is 0 Å². The van der Waals surface area contributed by atoms with Gasteiger partial charge in [-0.05, 0) is 29.8 Å². The minimum atomic E-state index is 0.191. The molecule has 4 nitrogen and oxygen atoms in total. The van der Waals surface area contributed by atoms with E-state index in [1.807, 2.05) is 12.1 Å². The lowest BCUT2D eigenvalue weighted by molar-refractivity contribution is 0.183. The monoisotopic (exact) mass is 288 g/mol. The molecule has 4 heteroatoms. The number of hydrogen-bond acceptors (Lipinski definition) is 4. The smallest absolute Gasteiger partial charge is 0.117 e. The van der Waals surface area contributed by atoms with Crippen LogP contribution in [0.5, 0.6) is 0 Å². The Hall–Kier alpha value is -1.62. The van der Waals surface area contributed by atoms with Crippen LogP contribution in [-0.2, 0) is 17.9 Å². The van der Waals surface area contributed by atoms with Crippen LogP contribution in [0.1, 0.15) is 29.9 Å². The highest BCUT2D eigenvalue weighted by Gasteiger charge is 2.18. The maximum Gasteiger partial charge on any atom is 0.117 e. The van der Waals surface area contributed by atoms with Gasteiger partial charge in [0.2, 0.25) is 0 Å².